The number of nitrogens with zero attached hydrogens (tertiary/aromatic N) is 1. The molecule has 0 fully saturated rings. The first-order valence-corrected chi connectivity index (χ1v) is 5.18. The van der Waals surface area contributed by atoms with Gasteiger partial charge in [0.1, 0.15) is 0 Å². The molecule has 0 saturated heterocycles. The number of carboxylic acid groups (broad SMARTS) is 1. The Morgan fingerprint density at radius 1 is 1.31 bits per heavy atom. The zero-order valence-electron chi connectivity index (χ0n) is 7.98. The lowest BCUT2D eigenvalue weighted by Gasteiger charge is -2.04. The molecule has 0 spiro atoms. The molecule has 2 rings (SSSR count). The fraction of sp³-hybridized carbons (Fsp3) is 0. The summed E-state index contributed by atoms with van der Waals surface area (Å²) < 4.78 is 2.11. The monoisotopic (exact) mass is 282 g/mol. The van der Waals surface area contributed by atoms with Crippen molar-refractivity contribution in [1.29, 1.82) is 0 Å². The molecule has 0 bridgehead atoms. The maximum atomic E-state index is 11.1. The van der Waals surface area contributed by atoms with Gasteiger partial charge in [-0.15, -0.1) is 0 Å². The van der Waals surface area contributed by atoms with Gasteiger partial charge in [-0.05, 0) is 24.3 Å². The second-order valence-electron chi connectivity index (χ2n) is 3.12. The van der Waals surface area contributed by atoms with Crippen molar-refractivity contribution in [2.45, 2.75) is 0 Å². The zero-order valence-corrected chi connectivity index (χ0v) is 9.56. The zero-order chi connectivity index (χ0) is 11.7. The molecule has 82 valence electrons. The lowest BCUT2D eigenvalue weighted by Crippen LogP contribution is -2.08. The Balaban J connectivity index is 2.59. The second-order valence-corrected chi connectivity index (χ2v) is 4.04. The standard InChI is InChI=1S/C10H7BrN2O3/c11-6-1-3-7(4-2-6)13-8(10(15)16)5-9(14)12-13/h1-5H,(H,12,14)(H,15,16). The van der Waals surface area contributed by atoms with Crippen molar-refractivity contribution < 1.29 is 9.90 Å². The molecule has 0 amide bonds. The summed E-state index contributed by atoms with van der Waals surface area (Å²) in [5.74, 6) is -1.15. The SMILES string of the molecule is O=C(O)c1cc(=O)[nH]n1-c1ccc(Br)cc1. The number of aromatic nitrogens is 2. The molecule has 2 N–H and O–H groups in total. The number of halogens is 1. The van der Waals surface area contributed by atoms with Crippen molar-refractivity contribution >= 4 is 21.9 Å². The summed E-state index contributed by atoms with van der Waals surface area (Å²) in [6.45, 7) is 0. The number of carboxylic acids is 1. The predicted molar refractivity (Wildman–Crippen MR) is 61.0 cm³/mol. The van der Waals surface area contributed by atoms with Crippen LogP contribution in [-0.4, -0.2) is 20.9 Å². The Kier molecular flexibility index (Phi) is 2.66. The Hall–Kier alpha value is -1.82. The molecule has 16 heavy (non-hydrogen) atoms. The summed E-state index contributed by atoms with van der Waals surface area (Å²) in [6, 6.07) is 7.97. The van der Waals surface area contributed by atoms with E-state index in [0.717, 1.165) is 10.5 Å². The van der Waals surface area contributed by atoms with E-state index in [1.807, 2.05) is 0 Å². The molecule has 2 aromatic rings. The minimum atomic E-state index is -1.15. The molecule has 0 atom stereocenters. The normalized spacial score (nSPS) is 10.3. The van der Waals surface area contributed by atoms with Crippen LogP contribution in [0.5, 0.6) is 0 Å². The maximum Gasteiger partial charge on any atom is 0.354 e. The molecule has 0 radical (unpaired) electrons. The minimum Gasteiger partial charge on any atom is -0.477 e. The quantitative estimate of drug-likeness (QED) is 0.879. The molecular weight excluding hydrogens is 276 g/mol. The number of benzene rings is 1. The van der Waals surface area contributed by atoms with Gasteiger partial charge in [-0.25, -0.2) is 9.48 Å². The highest BCUT2D eigenvalue weighted by molar-refractivity contribution is 9.10. The summed E-state index contributed by atoms with van der Waals surface area (Å²) in [6.07, 6.45) is 0. The van der Waals surface area contributed by atoms with Crippen LogP contribution in [0.15, 0.2) is 39.6 Å². The Morgan fingerprint density at radius 3 is 2.50 bits per heavy atom. The first-order chi connectivity index (χ1) is 7.58. The van der Waals surface area contributed by atoms with Crippen LogP contribution in [0.3, 0.4) is 0 Å². The van der Waals surface area contributed by atoms with E-state index < -0.39 is 11.5 Å². The van der Waals surface area contributed by atoms with Crippen LogP contribution in [0.4, 0.5) is 0 Å². The molecular formula is C10H7BrN2O3. The molecule has 0 saturated carbocycles. The summed E-state index contributed by atoms with van der Waals surface area (Å²) in [4.78, 5) is 22.0. The van der Waals surface area contributed by atoms with Crippen molar-refractivity contribution in [3.63, 3.8) is 0 Å². The van der Waals surface area contributed by atoms with Crippen LogP contribution in [0.2, 0.25) is 0 Å². The molecule has 1 aromatic carbocycles. The number of rotatable bonds is 2. The number of hydrogen-bond acceptors (Lipinski definition) is 2. The van der Waals surface area contributed by atoms with Crippen LogP contribution in [-0.2, 0) is 0 Å². The van der Waals surface area contributed by atoms with Crippen LogP contribution < -0.4 is 5.56 Å². The fourth-order valence-corrected chi connectivity index (χ4v) is 1.61. The van der Waals surface area contributed by atoms with E-state index >= 15 is 0 Å². The maximum absolute atomic E-state index is 11.1. The van der Waals surface area contributed by atoms with Crippen molar-refractivity contribution in [3.05, 3.63) is 50.9 Å². The van der Waals surface area contributed by atoms with Gasteiger partial charge in [0, 0.05) is 10.5 Å². The van der Waals surface area contributed by atoms with E-state index in [1.165, 1.54) is 4.68 Å². The second kappa shape index (κ2) is 3.97. The van der Waals surface area contributed by atoms with Crippen LogP contribution in [0.1, 0.15) is 10.5 Å². The highest BCUT2D eigenvalue weighted by Crippen LogP contribution is 2.14. The highest BCUT2D eigenvalue weighted by atomic mass is 79.9. The third-order valence-corrected chi connectivity index (χ3v) is 2.56. The first-order valence-electron chi connectivity index (χ1n) is 4.39. The Bertz CT molecular complexity index is 583. The Labute approximate surface area is 98.4 Å². The van der Waals surface area contributed by atoms with Gasteiger partial charge < -0.3 is 5.11 Å². The topological polar surface area (TPSA) is 75.1 Å². The van der Waals surface area contributed by atoms with E-state index in [-0.39, 0.29) is 5.69 Å². The Morgan fingerprint density at radius 2 is 1.94 bits per heavy atom. The first kappa shape index (κ1) is 10.7. The van der Waals surface area contributed by atoms with E-state index in [1.54, 1.807) is 24.3 Å². The largest absolute Gasteiger partial charge is 0.477 e. The van der Waals surface area contributed by atoms with Gasteiger partial charge >= 0.3 is 5.97 Å². The molecule has 6 heteroatoms. The predicted octanol–water partition coefficient (Wildman–Crippen LogP) is 1.63. The van der Waals surface area contributed by atoms with Gasteiger partial charge in [0.15, 0.2) is 5.69 Å². The number of carbonyl (C=O) groups is 1. The summed E-state index contributed by atoms with van der Waals surface area (Å²) in [5.41, 5.74) is 0.0512. The van der Waals surface area contributed by atoms with Crippen molar-refractivity contribution in [2.75, 3.05) is 0 Å². The average Bonchev–Trinajstić information content (AvgIpc) is 2.61. The molecule has 0 aliphatic rings. The van der Waals surface area contributed by atoms with Gasteiger partial charge in [0.25, 0.3) is 5.56 Å². The van der Waals surface area contributed by atoms with Crippen molar-refractivity contribution in [2.24, 2.45) is 0 Å². The van der Waals surface area contributed by atoms with E-state index in [4.69, 9.17) is 5.11 Å². The lowest BCUT2D eigenvalue weighted by atomic mass is 10.3. The van der Waals surface area contributed by atoms with E-state index in [2.05, 4.69) is 21.0 Å². The number of nitrogens with one attached hydrogen (secondary N) is 1. The number of aromatic amines is 1. The molecule has 1 heterocycles. The smallest absolute Gasteiger partial charge is 0.354 e. The molecule has 0 aliphatic heterocycles. The van der Waals surface area contributed by atoms with Gasteiger partial charge in [0.05, 0.1) is 5.69 Å². The van der Waals surface area contributed by atoms with Crippen LogP contribution >= 0.6 is 15.9 Å². The number of H-pyrrole nitrogens is 1. The fourth-order valence-electron chi connectivity index (χ4n) is 1.34. The third-order valence-electron chi connectivity index (χ3n) is 2.03. The van der Waals surface area contributed by atoms with Gasteiger partial charge in [-0.2, -0.15) is 0 Å². The van der Waals surface area contributed by atoms with Crippen molar-refractivity contribution in [1.82, 2.24) is 9.78 Å². The molecule has 0 unspecified atom stereocenters. The van der Waals surface area contributed by atoms with Crippen molar-refractivity contribution in [3.8, 4) is 5.69 Å². The molecule has 0 aliphatic carbocycles. The van der Waals surface area contributed by atoms with Gasteiger partial charge in [-0.3, -0.25) is 9.89 Å². The van der Waals surface area contributed by atoms with Crippen LogP contribution in [0, 0.1) is 0 Å². The number of hydrogen-bond donors (Lipinski definition) is 2. The minimum absolute atomic E-state index is 0.0904. The van der Waals surface area contributed by atoms with Gasteiger partial charge in [-0.1, -0.05) is 15.9 Å². The molecule has 1 aromatic heterocycles. The average molecular weight is 283 g/mol. The van der Waals surface area contributed by atoms with E-state index in [0.29, 0.717) is 5.69 Å². The summed E-state index contributed by atoms with van der Waals surface area (Å²) in [7, 11) is 0. The molecule has 5 nitrogen and oxygen atoms in total. The van der Waals surface area contributed by atoms with E-state index in [9.17, 15) is 9.59 Å². The number of aromatic carboxylic acids is 1. The summed E-state index contributed by atoms with van der Waals surface area (Å²) >= 11 is 3.27. The lowest BCUT2D eigenvalue weighted by molar-refractivity contribution is 0.0687. The van der Waals surface area contributed by atoms with Gasteiger partial charge in [0.2, 0.25) is 0 Å². The van der Waals surface area contributed by atoms with Crippen LogP contribution in [0.25, 0.3) is 5.69 Å². The highest BCUT2D eigenvalue weighted by Gasteiger charge is 2.12. The summed E-state index contributed by atoms with van der Waals surface area (Å²) in [5, 5.41) is 11.3. The third kappa shape index (κ3) is 1.92.